The van der Waals surface area contributed by atoms with Crippen molar-refractivity contribution in [2.75, 3.05) is 0 Å². The van der Waals surface area contributed by atoms with E-state index >= 15 is 0 Å². The van der Waals surface area contributed by atoms with Crippen LogP contribution >= 0.6 is 0 Å². The van der Waals surface area contributed by atoms with Gasteiger partial charge >= 0.3 is 0 Å². The molecular formula is C19H24N2. The molecule has 0 fully saturated rings. The predicted molar refractivity (Wildman–Crippen MR) is 93.2 cm³/mol. The van der Waals surface area contributed by atoms with Gasteiger partial charge in [-0.15, -0.1) is 0 Å². The highest BCUT2D eigenvalue weighted by atomic mass is 14.6. The van der Waals surface area contributed by atoms with Gasteiger partial charge in [-0.25, -0.2) is 0 Å². The molecule has 21 heavy (non-hydrogen) atoms. The van der Waals surface area contributed by atoms with E-state index in [2.05, 4.69) is 38.5 Å². The Morgan fingerprint density at radius 2 is 1.76 bits per heavy atom. The molecule has 0 radical (unpaired) electrons. The van der Waals surface area contributed by atoms with Gasteiger partial charge < -0.3 is 11.5 Å². The van der Waals surface area contributed by atoms with Gasteiger partial charge in [0, 0.05) is 17.3 Å². The second kappa shape index (κ2) is 7.95. The van der Waals surface area contributed by atoms with Crippen LogP contribution in [-0.2, 0) is 0 Å². The topological polar surface area (TPSA) is 52.0 Å². The van der Waals surface area contributed by atoms with Gasteiger partial charge in [0.2, 0.25) is 0 Å². The SMILES string of the molecule is C=C/C=C(/N)C(=C)C/C=C(/C(N)=C\C=C)C1CC=C1C=C. The van der Waals surface area contributed by atoms with Crippen LogP contribution in [0.15, 0.2) is 97.0 Å². The molecule has 2 nitrogen and oxygen atoms in total. The monoisotopic (exact) mass is 280 g/mol. The molecule has 1 aliphatic carbocycles. The number of hydrogen-bond donors (Lipinski definition) is 2. The largest absolute Gasteiger partial charge is 0.399 e. The summed E-state index contributed by atoms with van der Waals surface area (Å²) >= 11 is 0. The van der Waals surface area contributed by atoms with Crippen molar-refractivity contribution < 1.29 is 0 Å². The summed E-state index contributed by atoms with van der Waals surface area (Å²) in [5.74, 6) is 0.302. The van der Waals surface area contributed by atoms with Crippen LogP contribution in [0.5, 0.6) is 0 Å². The second-order valence-electron chi connectivity index (χ2n) is 4.88. The van der Waals surface area contributed by atoms with Crippen molar-refractivity contribution in [3.05, 3.63) is 97.0 Å². The fourth-order valence-corrected chi connectivity index (χ4v) is 2.18. The molecule has 1 atom stereocenters. The maximum absolute atomic E-state index is 6.15. The molecule has 0 aliphatic heterocycles. The fourth-order valence-electron chi connectivity index (χ4n) is 2.18. The molecular weight excluding hydrogens is 256 g/mol. The third kappa shape index (κ3) is 4.25. The zero-order chi connectivity index (χ0) is 15.8. The molecule has 0 amide bonds. The van der Waals surface area contributed by atoms with Gasteiger partial charge in [0.25, 0.3) is 0 Å². The van der Waals surface area contributed by atoms with E-state index in [-0.39, 0.29) is 0 Å². The van der Waals surface area contributed by atoms with E-state index in [1.807, 2.05) is 12.2 Å². The Labute approximate surface area is 127 Å². The zero-order valence-corrected chi connectivity index (χ0v) is 12.5. The van der Waals surface area contributed by atoms with Crippen LogP contribution in [0.25, 0.3) is 0 Å². The van der Waals surface area contributed by atoms with Crippen LogP contribution in [0.3, 0.4) is 0 Å². The highest BCUT2D eigenvalue weighted by molar-refractivity contribution is 5.46. The molecule has 1 unspecified atom stereocenters. The van der Waals surface area contributed by atoms with E-state index in [0.717, 1.165) is 23.3 Å². The van der Waals surface area contributed by atoms with Crippen molar-refractivity contribution in [3.8, 4) is 0 Å². The normalized spacial score (nSPS) is 19.3. The molecule has 0 heterocycles. The maximum atomic E-state index is 6.15. The predicted octanol–water partition coefficient (Wildman–Crippen LogP) is 4.05. The molecule has 1 rings (SSSR count). The van der Waals surface area contributed by atoms with E-state index in [1.54, 1.807) is 18.2 Å². The zero-order valence-electron chi connectivity index (χ0n) is 12.5. The lowest BCUT2D eigenvalue weighted by Gasteiger charge is -2.28. The second-order valence-corrected chi connectivity index (χ2v) is 4.88. The van der Waals surface area contributed by atoms with Crippen molar-refractivity contribution >= 4 is 0 Å². The molecule has 1 aliphatic rings. The molecule has 110 valence electrons. The van der Waals surface area contributed by atoms with E-state index < -0.39 is 0 Å². The molecule has 0 bridgehead atoms. The molecule has 0 saturated heterocycles. The van der Waals surface area contributed by atoms with Gasteiger partial charge in [-0.05, 0) is 41.7 Å². The summed E-state index contributed by atoms with van der Waals surface area (Å²) in [6.45, 7) is 15.2. The van der Waals surface area contributed by atoms with Gasteiger partial charge in [0.15, 0.2) is 0 Å². The van der Waals surface area contributed by atoms with Gasteiger partial charge in [-0.1, -0.05) is 56.7 Å². The minimum absolute atomic E-state index is 0.302. The fraction of sp³-hybridized carbons (Fsp3) is 0.158. The maximum Gasteiger partial charge on any atom is 0.0349 e. The molecule has 2 heteroatoms. The summed E-state index contributed by atoms with van der Waals surface area (Å²) in [4.78, 5) is 0. The summed E-state index contributed by atoms with van der Waals surface area (Å²) in [5, 5.41) is 0. The van der Waals surface area contributed by atoms with Crippen molar-refractivity contribution in [1.29, 1.82) is 0 Å². The number of hydrogen-bond acceptors (Lipinski definition) is 2. The summed E-state index contributed by atoms with van der Waals surface area (Å²) < 4.78 is 0. The molecule has 0 aromatic carbocycles. The number of nitrogens with two attached hydrogens (primary N) is 2. The van der Waals surface area contributed by atoms with Crippen molar-refractivity contribution in [1.82, 2.24) is 0 Å². The van der Waals surface area contributed by atoms with Crippen LogP contribution in [0.1, 0.15) is 12.8 Å². The Kier molecular flexibility index (Phi) is 6.28. The number of rotatable bonds is 8. The van der Waals surface area contributed by atoms with Crippen LogP contribution in [0.4, 0.5) is 0 Å². The van der Waals surface area contributed by atoms with E-state index in [4.69, 9.17) is 11.5 Å². The summed E-state index contributed by atoms with van der Waals surface area (Å²) in [6, 6.07) is 0. The standard InChI is InChI=1S/C19H24N2/c1-5-8-18(20)14(4)10-12-17(19(21)9-6-2)16-13-11-15(16)7-3/h5-9,11-12,16H,1-4,10,13,20-21H2/b17-12+,18-8+,19-9+. The van der Waals surface area contributed by atoms with E-state index in [1.165, 1.54) is 5.57 Å². The summed E-state index contributed by atoms with van der Waals surface area (Å²) in [5.41, 5.74) is 16.5. The lowest BCUT2D eigenvalue weighted by molar-refractivity contribution is 0.674. The van der Waals surface area contributed by atoms with Gasteiger partial charge in [-0.3, -0.25) is 0 Å². The van der Waals surface area contributed by atoms with Gasteiger partial charge in [0.1, 0.15) is 0 Å². The summed E-state index contributed by atoms with van der Waals surface area (Å²) in [7, 11) is 0. The Morgan fingerprint density at radius 1 is 1.14 bits per heavy atom. The van der Waals surface area contributed by atoms with Crippen LogP contribution in [0, 0.1) is 5.92 Å². The Balaban J connectivity index is 2.97. The average Bonchev–Trinajstić information content (AvgIpc) is 2.42. The quantitative estimate of drug-likeness (QED) is 0.659. The summed E-state index contributed by atoms with van der Waals surface area (Å²) in [6.07, 6.45) is 14.7. The molecule has 0 saturated carbocycles. The first kappa shape index (κ1) is 16.6. The van der Waals surface area contributed by atoms with Gasteiger partial charge in [0.05, 0.1) is 0 Å². The number of allylic oxidation sites excluding steroid dienone is 10. The van der Waals surface area contributed by atoms with Crippen LogP contribution in [-0.4, -0.2) is 0 Å². The molecule has 0 aromatic rings. The highest BCUT2D eigenvalue weighted by Crippen LogP contribution is 2.37. The molecule has 0 aromatic heterocycles. The Bertz CT molecular complexity index is 568. The minimum atomic E-state index is 0.302. The van der Waals surface area contributed by atoms with Crippen LogP contribution in [0.2, 0.25) is 0 Å². The third-order valence-electron chi connectivity index (χ3n) is 3.51. The Hall–Kier alpha value is -2.48. The van der Waals surface area contributed by atoms with Crippen molar-refractivity contribution in [2.45, 2.75) is 12.8 Å². The van der Waals surface area contributed by atoms with Crippen molar-refractivity contribution in [3.63, 3.8) is 0 Å². The molecule has 0 spiro atoms. The Morgan fingerprint density at radius 3 is 2.24 bits per heavy atom. The first-order valence-corrected chi connectivity index (χ1v) is 6.92. The average molecular weight is 280 g/mol. The van der Waals surface area contributed by atoms with Crippen molar-refractivity contribution in [2.24, 2.45) is 17.4 Å². The lowest BCUT2D eigenvalue weighted by Crippen LogP contribution is -2.18. The minimum Gasteiger partial charge on any atom is -0.399 e. The van der Waals surface area contributed by atoms with E-state index in [0.29, 0.717) is 18.0 Å². The first-order valence-electron chi connectivity index (χ1n) is 6.92. The highest BCUT2D eigenvalue weighted by Gasteiger charge is 2.24. The first-order chi connectivity index (χ1) is 10.0. The van der Waals surface area contributed by atoms with E-state index in [9.17, 15) is 0 Å². The third-order valence-corrected chi connectivity index (χ3v) is 3.51. The van der Waals surface area contributed by atoms with Gasteiger partial charge in [-0.2, -0.15) is 0 Å². The smallest absolute Gasteiger partial charge is 0.0349 e. The van der Waals surface area contributed by atoms with Crippen LogP contribution < -0.4 is 11.5 Å². The lowest BCUT2D eigenvalue weighted by atomic mass is 9.77. The molecule has 4 N–H and O–H groups in total.